The van der Waals surface area contributed by atoms with Gasteiger partial charge in [0.15, 0.2) is 0 Å². The van der Waals surface area contributed by atoms with E-state index >= 15 is 0 Å². The van der Waals surface area contributed by atoms with Gasteiger partial charge in [-0.25, -0.2) is 0 Å². The Balaban J connectivity index is 1.86. The summed E-state index contributed by atoms with van der Waals surface area (Å²) in [4.78, 5) is 49.1. The van der Waals surface area contributed by atoms with Gasteiger partial charge in [0.05, 0.1) is 18.9 Å². The van der Waals surface area contributed by atoms with Crippen LogP contribution in [0.5, 0.6) is 0 Å². The van der Waals surface area contributed by atoms with E-state index in [0.29, 0.717) is 25.7 Å². The Labute approximate surface area is 151 Å². The molecule has 1 N–H and O–H groups in total. The number of hydrogen-bond acceptors (Lipinski definition) is 6. The maximum absolute atomic E-state index is 12.8. The molecule has 0 aromatic heterocycles. The Hall–Kier alpha value is -1.92. The minimum atomic E-state index is -0.983. The molecule has 2 bridgehead atoms. The number of ether oxygens (including phenoxy) is 2. The molecule has 3 saturated carbocycles. The second kappa shape index (κ2) is 5.54. The minimum Gasteiger partial charge on any atom is -0.481 e. The number of fused-ring (bicyclic) bond motifs is 3. The van der Waals surface area contributed by atoms with Gasteiger partial charge in [0, 0.05) is 30.6 Å². The van der Waals surface area contributed by atoms with Crippen molar-refractivity contribution >= 4 is 23.7 Å². The van der Waals surface area contributed by atoms with Crippen LogP contribution in [0, 0.1) is 35.0 Å². The molecule has 0 aromatic rings. The lowest BCUT2D eigenvalue weighted by atomic mass is 9.63. The monoisotopic (exact) mass is 364 g/mol. The largest absolute Gasteiger partial charge is 0.481 e. The number of hydrogen-bond donors (Lipinski definition) is 1. The van der Waals surface area contributed by atoms with Crippen LogP contribution in [0.15, 0.2) is 0 Å². The van der Waals surface area contributed by atoms with Crippen molar-refractivity contribution in [2.45, 2.75) is 51.0 Å². The first-order valence-electron chi connectivity index (χ1n) is 9.32. The van der Waals surface area contributed by atoms with Gasteiger partial charge < -0.3 is 14.6 Å². The Morgan fingerprint density at radius 3 is 2.69 bits per heavy atom. The molecule has 142 valence electrons. The summed E-state index contributed by atoms with van der Waals surface area (Å²) in [7, 11) is 1.32. The molecule has 7 atom stereocenters. The van der Waals surface area contributed by atoms with Gasteiger partial charge in [-0.2, -0.15) is 0 Å². The summed E-state index contributed by atoms with van der Waals surface area (Å²) < 4.78 is 11.0. The Kier molecular flexibility index (Phi) is 3.72. The van der Waals surface area contributed by atoms with Gasteiger partial charge in [0.25, 0.3) is 0 Å². The summed E-state index contributed by atoms with van der Waals surface area (Å²) in [5.74, 6) is -3.32. The summed E-state index contributed by atoms with van der Waals surface area (Å²) in [5, 5.41) is 9.23. The van der Waals surface area contributed by atoms with Gasteiger partial charge in [-0.3, -0.25) is 19.2 Å². The summed E-state index contributed by atoms with van der Waals surface area (Å²) in [6.45, 7) is 1.74. The molecule has 3 aliphatic carbocycles. The number of carboxylic acids is 1. The van der Waals surface area contributed by atoms with Crippen LogP contribution in [0.25, 0.3) is 0 Å². The second-order valence-corrected chi connectivity index (χ2v) is 8.49. The highest BCUT2D eigenvalue weighted by Crippen LogP contribution is 2.73. The highest BCUT2D eigenvalue weighted by Gasteiger charge is 2.78. The average Bonchev–Trinajstić information content (AvgIpc) is 3.09. The number of carbonyl (C=O) groups excluding carboxylic acids is 3. The summed E-state index contributed by atoms with van der Waals surface area (Å²) >= 11 is 0. The molecule has 0 radical (unpaired) electrons. The molecule has 7 nitrogen and oxygen atoms in total. The van der Waals surface area contributed by atoms with E-state index in [2.05, 4.69) is 0 Å². The smallest absolute Gasteiger partial charge is 0.309 e. The second-order valence-electron chi connectivity index (χ2n) is 8.49. The zero-order chi connectivity index (χ0) is 18.9. The standard InChI is InChI=1S/C19H24O7/c1-9-14-15(17(24)25-2)18-7-10(11(20)8-18)3-4-12(18)19(14,26-16(9)23)6-5-13(21)22/h9-10,12,14-15H,3-8H2,1-2H3,(H,21,22)/t9-,10+,12+,14-,15+,18+,19+/m0/s1. The quantitative estimate of drug-likeness (QED) is 0.755. The Bertz CT molecular complexity index is 700. The van der Waals surface area contributed by atoms with E-state index in [4.69, 9.17) is 9.47 Å². The van der Waals surface area contributed by atoms with E-state index in [-0.39, 0.29) is 36.4 Å². The number of esters is 2. The molecule has 4 fully saturated rings. The molecule has 0 unspecified atom stereocenters. The first-order chi connectivity index (χ1) is 12.3. The van der Waals surface area contributed by atoms with Crippen LogP contribution in [0.4, 0.5) is 0 Å². The highest BCUT2D eigenvalue weighted by molar-refractivity contribution is 5.88. The molecule has 4 aliphatic rings. The molecule has 26 heavy (non-hydrogen) atoms. The lowest BCUT2D eigenvalue weighted by Crippen LogP contribution is -2.44. The molecule has 1 spiro atoms. The molecular formula is C19H24O7. The van der Waals surface area contributed by atoms with Crippen molar-refractivity contribution in [2.75, 3.05) is 7.11 Å². The summed E-state index contributed by atoms with van der Waals surface area (Å²) in [6.07, 6.45) is 2.37. The number of aliphatic carboxylic acids is 1. The van der Waals surface area contributed by atoms with Gasteiger partial charge in [0.2, 0.25) is 0 Å². The molecule has 4 rings (SSSR count). The van der Waals surface area contributed by atoms with Crippen LogP contribution in [0.2, 0.25) is 0 Å². The van der Waals surface area contributed by atoms with Crippen LogP contribution in [0.1, 0.15) is 45.4 Å². The van der Waals surface area contributed by atoms with Gasteiger partial charge in [0.1, 0.15) is 11.4 Å². The summed E-state index contributed by atoms with van der Waals surface area (Å²) in [5.41, 5.74) is -1.55. The van der Waals surface area contributed by atoms with Crippen LogP contribution < -0.4 is 0 Å². The molecule has 1 saturated heterocycles. The van der Waals surface area contributed by atoms with E-state index in [1.54, 1.807) is 6.92 Å². The van der Waals surface area contributed by atoms with Gasteiger partial charge in [-0.05, 0) is 31.1 Å². The van der Waals surface area contributed by atoms with Crippen LogP contribution in [-0.2, 0) is 28.7 Å². The van der Waals surface area contributed by atoms with Crippen LogP contribution in [-0.4, -0.2) is 41.5 Å². The molecule has 0 amide bonds. The lowest BCUT2D eigenvalue weighted by Gasteiger charge is -2.43. The number of rotatable bonds is 4. The number of Topliss-reactive ketones (excluding diaryl/α,β-unsaturated/α-hetero) is 1. The number of methoxy groups -OCH3 is 1. The van der Waals surface area contributed by atoms with Gasteiger partial charge in [-0.1, -0.05) is 6.92 Å². The zero-order valence-corrected chi connectivity index (χ0v) is 15.0. The van der Waals surface area contributed by atoms with Crippen LogP contribution >= 0.6 is 0 Å². The fourth-order valence-corrected chi connectivity index (χ4v) is 6.83. The van der Waals surface area contributed by atoms with E-state index in [1.165, 1.54) is 7.11 Å². The number of carbonyl (C=O) groups is 4. The number of ketones is 1. The molecular weight excluding hydrogens is 340 g/mol. The maximum Gasteiger partial charge on any atom is 0.309 e. The van der Waals surface area contributed by atoms with Crippen molar-refractivity contribution in [2.24, 2.45) is 35.0 Å². The SMILES string of the molecule is COC(=O)[C@H]1[C@@H]2[C@H](C)C(=O)O[C@]2(CCC(=O)O)[C@@H]2CC[C@@H]3C[C@@]21CC3=O. The summed E-state index contributed by atoms with van der Waals surface area (Å²) in [6, 6.07) is 0. The fourth-order valence-electron chi connectivity index (χ4n) is 6.83. The first-order valence-corrected chi connectivity index (χ1v) is 9.32. The van der Waals surface area contributed by atoms with Crippen molar-refractivity contribution < 1.29 is 33.8 Å². The zero-order valence-electron chi connectivity index (χ0n) is 15.0. The minimum absolute atomic E-state index is 0.0419. The van der Waals surface area contributed by atoms with Crippen molar-refractivity contribution in [1.29, 1.82) is 0 Å². The van der Waals surface area contributed by atoms with Crippen molar-refractivity contribution in [3.8, 4) is 0 Å². The average molecular weight is 364 g/mol. The van der Waals surface area contributed by atoms with Crippen molar-refractivity contribution in [3.63, 3.8) is 0 Å². The third-order valence-electron chi connectivity index (χ3n) is 7.60. The number of carboxylic acid groups (broad SMARTS) is 1. The molecule has 7 heteroatoms. The van der Waals surface area contributed by atoms with Gasteiger partial charge >= 0.3 is 17.9 Å². The molecule has 1 heterocycles. The van der Waals surface area contributed by atoms with Crippen LogP contribution in [0.3, 0.4) is 0 Å². The predicted octanol–water partition coefficient (Wildman–Crippen LogP) is 1.58. The normalized spacial score (nSPS) is 45.8. The van der Waals surface area contributed by atoms with Crippen molar-refractivity contribution in [1.82, 2.24) is 0 Å². The topological polar surface area (TPSA) is 107 Å². The molecule has 0 aromatic carbocycles. The third-order valence-corrected chi connectivity index (χ3v) is 7.60. The Morgan fingerprint density at radius 2 is 2.04 bits per heavy atom. The van der Waals surface area contributed by atoms with Gasteiger partial charge in [-0.15, -0.1) is 0 Å². The molecule has 1 aliphatic heterocycles. The Morgan fingerprint density at radius 1 is 1.31 bits per heavy atom. The lowest BCUT2D eigenvalue weighted by molar-refractivity contribution is -0.162. The van der Waals surface area contributed by atoms with E-state index < -0.39 is 40.7 Å². The van der Waals surface area contributed by atoms with Crippen molar-refractivity contribution in [3.05, 3.63) is 0 Å². The van der Waals surface area contributed by atoms with E-state index in [1.807, 2.05) is 0 Å². The predicted molar refractivity (Wildman–Crippen MR) is 86.7 cm³/mol. The third kappa shape index (κ3) is 2.00. The maximum atomic E-state index is 12.8. The first kappa shape index (κ1) is 17.5. The van der Waals surface area contributed by atoms with E-state index in [9.17, 15) is 24.3 Å². The van der Waals surface area contributed by atoms with E-state index in [0.717, 1.165) is 0 Å². The highest BCUT2D eigenvalue weighted by atomic mass is 16.6. The fraction of sp³-hybridized carbons (Fsp3) is 0.789.